The molecule has 20 heavy (non-hydrogen) atoms. The number of anilines is 1. The zero-order chi connectivity index (χ0) is 14.8. The highest BCUT2D eigenvalue weighted by molar-refractivity contribution is 5.98. The highest BCUT2D eigenvalue weighted by Gasteiger charge is 2.37. The smallest absolute Gasteiger partial charge is 0.387 e. The van der Waals surface area contributed by atoms with Crippen molar-refractivity contribution in [2.24, 2.45) is 5.73 Å². The van der Waals surface area contributed by atoms with E-state index >= 15 is 0 Å². The molecule has 0 aliphatic heterocycles. The summed E-state index contributed by atoms with van der Waals surface area (Å²) in [6.45, 7) is -1.24. The molecule has 1 amide bonds. The van der Waals surface area contributed by atoms with Crippen molar-refractivity contribution >= 4 is 11.6 Å². The van der Waals surface area contributed by atoms with Gasteiger partial charge < -0.3 is 15.8 Å². The van der Waals surface area contributed by atoms with Gasteiger partial charge in [-0.3, -0.25) is 4.79 Å². The Morgan fingerprint density at radius 3 is 2.65 bits per heavy atom. The molecule has 6 heteroatoms. The Morgan fingerprint density at radius 1 is 1.40 bits per heavy atom. The zero-order valence-corrected chi connectivity index (χ0v) is 11.3. The number of nitrogens with one attached hydrogen (secondary N) is 1. The third-order valence-corrected chi connectivity index (χ3v) is 3.61. The van der Waals surface area contributed by atoms with Crippen LogP contribution in [0.4, 0.5) is 14.5 Å². The van der Waals surface area contributed by atoms with Gasteiger partial charge >= 0.3 is 6.61 Å². The predicted octanol–water partition coefficient (Wildman–Crippen LogP) is 2.81. The number of halogens is 2. The number of ether oxygens (including phenoxy) is 1. The first-order chi connectivity index (χ1) is 9.40. The van der Waals surface area contributed by atoms with Crippen LogP contribution in [0.15, 0.2) is 18.2 Å². The third-order valence-electron chi connectivity index (χ3n) is 3.61. The number of aryl methyl sites for hydroxylation is 1. The molecule has 0 unspecified atom stereocenters. The Labute approximate surface area is 116 Å². The lowest BCUT2D eigenvalue weighted by atomic mass is 9.98. The summed E-state index contributed by atoms with van der Waals surface area (Å²) >= 11 is 0. The van der Waals surface area contributed by atoms with Gasteiger partial charge in [-0.1, -0.05) is 18.9 Å². The van der Waals surface area contributed by atoms with Crippen LogP contribution >= 0.6 is 0 Å². The molecule has 0 aromatic heterocycles. The zero-order valence-electron chi connectivity index (χ0n) is 11.3. The molecule has 0 saturated heterocycles. The third kappa shape index (κ3) is 3.25. The van der Waals surface area contributed by atoms with Crippen LogP contribution in [0.5, 0.6) is 5.75 Å². The minimum absolute atomic E-state index is 0.0512. The largest absolute Gasteiger partial charge is 0.434 e. The van der Waals surface area contributed by atoms with E-state index in [1.165, 1.54) is 6.07 Å². The van der Waals surface area contributed by atoms with Crippen molar-refractivity contribution in [1.82, 2.24) is 0 Å². The topological polar surface area (TPSA) is 64.4 Å². The summed E-state index contributed by atoms with van der Waals surface area (Å²) in [5, 5.41) is 2.68. The van der Waals surface area contributed by atoms with Crippen molar-refractivity contribution < 1.29 is 18.3 Å². The number of alkyl halides is 2. The summed E-state index contributed by atoms with van der Waals surface area (Å²) < 4.78 is 28.9. The van der Waals surface area contributed by atoms with E-state index in [2.05, 4.69) is 10.1 Å². The minimum Gasteiger partial charge on any atom is -0.434 e. The van der Waals surface area contributed by atoms with Gasteiger partial charge in [0.2, 0.25) is 5.91 Å². The maximum atomic E-state index is 12.3. The van der Waals surface area contributed by atoms with Crippen LogP contribution in [0, 0.1) is 6.92 Å². The lowest BCUT2D eigenvalue weighted by Gasteiger charge is -2.22. The average Bonchev–Trinajstić information content (AvgIpc) is 2.81. The number of benzene rings is 1. The van der Waals surface area contributed by atoms with E-state index in [9.17, 15) is 13.6 Å². The number of carbonyl (C=O) groups excluding carboxylic acids is 1. The fraction of sp³-hybridized carbons (Fsp3) is 0.500. The Hall–Kier alpha value is -1.69. The number of hydrogen-bond acceptors (Lipinski definition) is 3. The molecule has 0 spiro atoms. The van der Waals surface area contributed by atoms with Gasteiger partial charge in [-0.05, 0) is 31.4 Å². The van der Waals surface area contributed by atoms with E-state index in [0.29, 0.717) is 24.1 Å². The van der Waals surface area contributed by atoms with Crippen molar-refractivity contribution in [3.63, 3.8) is 0 Å². The molecule has 1 saturated carbocycles. The molecule has 0 bridgehead atoms. The number of amides is 1. The van der Waals surface area contributed by atoms with E-state index < -0.39 is 12.2 Å². The van der Waals surface area contributed by atoms with Gasteiger partial charge in [0.25, 0.3) is 0 Å². The van der Waals surface area contributed by atoms with Crippen LogP contribution < -0.4 is 15.8 Å². The van der Waals surface area contributed by atoms with Gasteiger partial charge in [-0.25, -0.2) is 0 Å². The maximum Gasteiger partial charge on any atom is 0.387 e. The number of rotatable bonds is 4. The lowest BCUT2D eigenvalue weighted by Crippen LogP contribution is -2.48. The fourth-order valence-corrected chi connectivity index (χ4v) is 2.39. The Bertz CT molecular complexity index is 500. The standard InChI is InChI=1S/C14H18F2N2O2/c1-9-4-5-10(8-11(9)20-13(15)16)18-12(19)14(17)6-2-3-7-14/h4-5,8,13H,2-3,6-7,17H2,1H3,(H,18,19). The van der Waals surface area contributed by atoms with Crippen LogP contribution in [0.25, 0.3) is 0 Å². The van der Waals surface area contributed by atoms with E-state index in [1.807, 2.05) is 0 Å². The molecular formula is C14H18F2N2O2. The molecule has 1 aromatic rings. The van der Waals surface area contributed by atoms with Gasteiger partial charge in [0.05, 0.1) is 5.54 Å². The molecule has 3 N–H and O–H groups in total. The molecule has 2 rings (SSSR count). The van der Waals surface area contributed by atoms with Crippen LogP contribution in [-0.2, 0) is 4.79 Å². The quantitative estimate of drug-likeness (QED) is 0.893. The summed E-state index contributed by atoms with van der Waals surface area (Å²) in [7, 11) is 0. The molecule has 0 heterocycles. The first-order valence-electron chi connectivity index (χ1n) is 6.56. The second-order valence-electron chi connectivity index (χ2n) is 5.18. The monoisotopic (exact) mass is 284 g/mol. The Balaban J connectivity index is 2.11. The molecule has 0 radical (unpaired) electrons. The van der Waals surface area contributed by atoms with Crippen molar-refractivity contribution in [2.75, 3.05) is 5.32 Å². The van der Waals surface area contributed by atoms with E-state index in [1.54, 1.807) is 19.1 Å². The molecule has 0 atom stereocenters. The highest BCUT2D eigenvalue weighted by atomic mass is 19.3. The minimum atomic E-state index is -2.89. The van der Waals surface area contributed by atoms with Crippen LogP contribution in [0.3, 0.4) is 0 Å². The molecule has 1 aromatic carbocycles. The Kier molecular flexibility index (Phi) is 4.23. The van der Waals surface area contributed by atoms with Gasteiger partial charge in [-0.2, -0.15) is 8.78 Å². The summed E-state index contributed by atoms with van der Waals surface area (Å²) in [6, 6.07) is 4.65. The van der Waals surface area contributed by atoms with Crippen molar-refractivity contribution in [1.29, 1.82) is 0 Å². The summed E-state index contributed by atoms with van der Waals surface area (Å²) in [5.41, 5.74) is 6.17. The van der Waals surface area contributed by atoms with Crippen LogP contribution in [0.1, 0.15) is 31.2 Å². The molecule has 1 aliphatic carbocycles. The summed E-state index contributed by atoms with van der Waals surface area (Å²) in [4.78, 5) is 12.1. The molecule has 1 fully saturated rings. The maximum absolute atomic E-state index is 12.3. The van der Waals surface area contributed by atoms with E-state index in [-0.39, 0.29) is 11.7 Å². The van der Waals surface area contributed by atoms with Crippen LogP contribution in [-0.4, -0.2) is 18.1 Å². The van der Waals surface area contributed by atoms with Gasteiger partial charge in [0.1, 0.15) is 5.75 Å². The summed E-state index contributed by atoms with van der Waals surface area (Å²) in [5.74, 6) is -0.225. The molecule has 110 valence electrons. The summed E-state index contributed by atoms with van der Waals surface area (Å²) in [6.07, 6.45) is 3.14. The fourth-order valence-electron chi connectivity index (χ4n) is 2.39. The highest BCUT2D eigenvalue weighted by Crippen LogP contribution is 2.30. The van der Waals surface area contributed by atoms with E-state index in [4.69, 9.17) is 5.73 Å². The lowest BCUT2D eigenvalue weighted by molar-refractivity contribution is -0.121. The van der Waals surface area contributed by atoms with Crippen LogP contribution in [0.2, 0.25) is 0 Å². The number of hydrogen-bond donors (Lipinski definition) is 2. The van der Waals surface area contributed by atoms with Crippen molar-refractivity contribution in [2.45, 2.75) is 44.8 Å². The average molecular weight is 284 g/mol. The first kappa shape index (κ1) is 14.7. The normalized spacial score (nSPS) is 17.2. The second-order valence-corrected chi connectivity index (χ2v) is 5.18. The first-order valence-corrected chi connectivity index (χ1v) is 6.56. The second kappa shape index (κ2) is 5.75. The van der Waals surface area contributed by atoms with Gasteiger partial charge in [0.15, 0.2) is 0 Å². The van der Waals surface area contributed by atoms with Crippen molar-refractivity contribution in [3.8, 4) is 5.75 Å². The molecular weight excluding hydrogens is 266 g/mol. The van der Waals surface area contributed by atoms with Gasteiger partial charge in [-0.15, -0.1) is 0 Å². The number of nitrogens with two attached hydrogens (primary N) is 1. The van der Waals surface area contributed by atoms with Crippen molar-refractivity contribution in [3.05, 3.63) is 23.8 Å². The Morgan fingerprint density at radius 2 is 2.05 bits per heavy atom. The predicted molar refractivity (Wildman–Crippen MR) is 71.8 cm³/mol. The number of carbonyl (C=O) groups is 1. The SMILES string of the molecule is Cc1ccc(NC(=O)C2(N)CCCC2)cc1OC(F)F. The molecule has 1 aliphatic rings. The molecule has 4 nitrogen and oxygen atoms in total. The van der Waals surface area contributed by atoms with E-state index in [0.717, 1.165) is 12.8 Å². The van der Waals surface area contributed by atoms with Gasteiger partial charge in [0, 0.05) is 11.8 Å².